The van der Waals surface area contributed by atoms with Gasteiger partial charge in [0.25, 0.3) is 0 Å². The van der Waals surface area contributed by atoms with Crippen molar-refractivity contribution < 1.29 is 14.7 Å². The summed E-state index contributed by atoms with van der Waals surface area (Å²) in [5.41, 5.74) is 0.205. The van der Waals surface area contributed by atoms with E-state index in [-0.39, 0.29) is 23.5 Å². The summed E-state index contributed by atoms with van der Waals surface area (Å²) in [5.74, 6) is -0.505. The van der Waals surface area contributed by atoms with Crippen LogP contribution in [0.5, 0.6) is 0 Å². The van der Waals surface area contributed by atoms with Crippen molar-refractivity contribution in [2.75, 3.05) is 0 Å². The van der Waals surface area contributed by atoms with Crippen molar-refractivity contribution in [2.45, 2.75) is 58.8 Å². The van der Waals surface area contributed by atoms with Crippen molar-refractivity contribution in [2.24, 2.45) is 11.3 Å². The minimum absolute atomic E-state index is 0.00215. The first-order valence-corrected chi connectivity index (χ1v) is 6.27. The number of carbonyl (C=O) groups is 2. The van der Waals surface area contributed by atoms with Crippen LogP contribution in [-0.4, -0.2) is 16.9 Å². The van der Waals surface area contributed by atoms with Gasteiger partial charge in [-0.05, 0) is 24.7 Å². The molecule has 16 heavy (non-hydrogen) atoms. The first kappa shape index (κ1) is 13.2. The van der Waals surface area contributed by atoms with E-state index in [1.54, 1.807) is 0 Å². The van der Waals surface area contributed by atoms with Crippen LogP contribution in [0.1, 0.15) is 58.8 Å². The molecule has 1 unspecified atom stereocenters. The van der Waals surface area contributed by atoms with Gasteiger partial charge in [0.05, 0.1) is 0 Å². The van der Waals surface area contributed by atoms with Gasteiger partial charge in [-0.2, -0.15) is 0 Å². The van der Waals surface area contributed by atoms with Crippen molar-refractivity contribution in [3.05, 3.63) is 0 Å². The molecule has 1 rings (SSSR count). The second kappa shape index (κ2) is 5.46. The molecule has 1 aliphatic rings. The zero-order valence-corrected chi connectivity index (χ0v) is 10.3. The third kappa shape index (κ3) is 3.06. The van der Waals surface area contributed by atoms with Crippen molar-refractivity contribution in [3.63, 3.8) is 0 Å². The lowest BCUT2D eigenvalue weighted by atomic mass is 9.66. The van der Waals surface area contributed by atoms with Crippen LogP contribution in [0.3, 0.4) is 0 Å². The molecule has 1 N–H and O–H groups in total. The maximum absolute atomic E-state index is 11.9. The van der Waals surface area contributed by atoms with Gasteiger partial charge in [-0.15, -0.1) is 0 Å². The number of Topliss-reactive ketones (excluding diaryl/α,β-unsaturated/α-hetero) is 1. The van der Waals surface area contributed by atoms with Gasteiger partial charge in [-0.3, -0.25) is 9.59 Å². The predicted molar refractivity (Wildman–Crippen MR) is 62.2 cm³/mol. The highest BCUT2D eigenvalue weighted by Crippen LogP contribution is 2.43. The Morgan fingerprint density at radius 2 is 2.06 bits per heavy atom. The number of aliphatic carboxylic acids is 1. The van der Waals surface area contributed by atoms with Crippen LogP contribution >= 0.6 is 0 Å². The van der Waals surface area contributed by atoms with Gasteiger partial charge >= 0.3 is 5.97 Å². The fourth-order valence-electron chi connectivity index (χ4n) is 2.70. The topological polar surface area (TPSA) is 54.4 Å². The van der Waals surface area contributed by atoms with Gasteiger partial charge in [0, 0.05) is 18.8 Å². The molecule has 92 valence electrons. The normalized spacial score (nSPS) is 24.4. The maximum Gasteiger partial charge on any atom is 0.303 e. The molecule has 0 amide bonds. The van der Waals surface area contributed by atoms with Crippen molar-refractivity contribution >= 4 is 11.8 Å². The molecular weight excluding hydrogens is 204 g/mol. The average Bonchev–Trinajstić information content (AvgIpc) is 2.27. The third-order valence-corrected chi connectivity index (χ3v) is 4.23. The summed E-state index contributed by atoms with van der Waals surface area (Å²) >= 11 is 0. The highest BCUT2D eigenvalue weighted by molar-refractivity contribution is 5.83. The van der Waals surface area contributed by atoms with Crippen LogP contribution in [0.2, 0.25) is 0 Å². The van der Waals surface area contributed by atoms with Crippen LogP contribution in [0.15, 0.2) is 0 Å². The highest BCUT2D eigenvalue weighted by atomic mass is 16.4. The summed E-state index contributed by atoms with van der Waals surface area (Å²) in [6, 6.07) is 0. The van der Waals surface area contributed by atoms with Crippen LogP contribution in [0.25, 0.3) is 0 Å². The molecule has 0 radical (unpaired) electrons. The molecule has 0 aromatic carbocycles. The van der Waals surface area contributed by atoms with Crippen LogP contribution in [0, 0.1) is 11.3 Å². The first-order valence-electron chi connectivity index (χ1n) is 6.27. The molecule has 1 saturated carbocycles. The number of rotatable bonds is 5. The van der Waals surface area contributed by atoms with Crippen molar-refractivity contribution in [3.8, 4) is 0 Å². The fraction of sp³-hybridized carbons (Fsp3) is 0.846. The van der Waals surface area contributed by atoms with Gasteiger partial charge in [0.1, 0.15) is 5.78 Å². The number of hydrogen-bond acceptors (Lipinski definition) is 2. The molecule has 1 atom stereocenters. The van der Waals surface area contributed by atoms with Crippen LogP contribution in [-0.2, 0) is 9.59 Å². The van der Waals surface area contributed by atoms with E-state index in [0.29, 0.717) is 12.8 Å². The van der Waals surface area contributed by atoms with Crippen molar-refractivity contribution in [1.82, 2.24) is 0 Å². The molecule has 0 aromatic rings. The molecule has 0 aliphatic heterocycles. The lowest BCUT2D eigenvalue weighted by molar-refractivity contribution is -0.138. The fourth-order valence-corrected chi connectivity index (χ4v) is 2.70. The smallest absolute Gasteiger partial charge is 0.303 e. The second-order valence-corrected chi connectivity index (χ2v) is 5.02. The molecule has 0 heterocycles. The molecule has 0 spiro atoms. The molecule has 0 bridgehead atoms. The predicted octanol–water partition coefficient (Wildman–Crippen LogP) is 3.03. The molecule has 1 fully saturated rings. The molecule has 0 saturated heterocycles. The van der Waals surface area contributed by atoms with E-state index in [1.165, 1.54) is 0 Å². The lowest BCUT2D eigenvalue weighted by Gasteiger charge is -2.38. The summed E-state index contributed by atoms with van der Waals surface area (Å²) < 4.78 is 0. The summed E-state index contributed by atoms with van der Waals surface area (Å²) in [6.07, 6.45) is 5.38. The lowest BCUT2D eigenvalue weighted by Crippen LogP contribution is -2.33. The van der Waals surface area contributed by atoms with Crippen LogP contribution in [0.4, 0.5) is 0 Å². The zero-order chi connectivity index (χ0) is 12.2. The van der Waals surface area contributed by atoms with E-state index in [1.807, 2.05) is 0 Å². The molecule has 3 heteroatoms. The maximum atomic E-state index is 11.9. The Morgan fingerprint density at radius 3 is 2.50 bits per heavy atom. The van der Waals surface area contributed by atoms with Crippen LogP contribution < -0.4 is 0 Å². The average molecular weight is 226 g/mol. The number of carboxylic acids is 1. The van der Waals surface area contributed by atoms with E-state index >= 15 is 0 Å². The number of ketones is 1. The quantitative estimate of drug-likeness (QED) is 0.784. The Bertz CT molecular complexity index is 266. The standard InChI is InChI=1S/C13H22O3/c1-3-13(4-2)8-7-10(11(14)9-13)5-6-12(15)16/h10H,3-9H2,1-2H3,(H,15,16). The summed E-state index contributed by atoms with van der Waals surface area (Å²) in [5, 5.41) is 8.61. The Hall–Kier alpha value is -0.860. The minimum Gasteiger partial charge on any atom is -0.481 e. The molecular formula is C13H22O3. The molecule has 1 aliphatic carbocycles. The summed E-state index contributed by atoms with van der Waals surface area (Å²) in [6.45, 7) is 4.29. The Kier molecular flexibility index (Phi) is 4.51. The Morgan fingerprint density at radius 1 is 1.44 bits per heavy atom. The first-order chi connectivity index (χ1) is 7.53. The Balaban J connectivity index is 2.52. The number of hydrogen-bond donors (Lipinski definition) is 1. The summed E-state index contributed by atoms with van der Waals surface area (Å²) in [4.78, 5) is 22.4. The number of carboxylic acid groups (broad SMARTS) is 1. The summed E-state index contributed by atoms with van der Waals surface area (Å²) in [7, 11) is 0. The van der Waals surface area contributed by atoms with Gasteiger partial charge in [0.15, 0.2) is 0 Å². The van der Waals surface area contributed by atoms with Gasteiger partial charge in [-0.1, -0.05) is 26.7 Å². The number of carbonyl (C=O) groups excluding carboxylic acids is 1. The molecule has 0 aromatic heterocycles. The van der Waals surface area contributed by atoms with Gasteiger partial charge < -0.3 is 5.11 Å². The molecule has 3 nitrogen and oxygen atoms in total. The van der Waals surface area contributed by atoms with E-state index in [2.05, 4.69) is 13.8 Å². The SMILES string of the molecule is CCC1(CC)CCC(CCC(=O)O)C(=O)C1. The van der Waals surface area contributed by atoms with E-state index < -0.39 is 5.97 Å². The van der Waals surface area contributed by atoms with Gasteiger partial charge in [-0.25, -0.2) is 0 Å². The minimum atomic E-state index is -0.796. The van der Waals surface area contributed by atoms with Crippen molar-refractivity contribution in [1.29, 1.82) is 0 Å². The Labute approximate surface area is 97.2 Å². The third-order valence-electron chi connectivity index (χ3n) is 4.23. The monoisotopic (exact) mass is 226 g/mol. The second-order valence-electron chi connectivity index (χ2n) is 5.02. The van der Waals surface area contributed by atoms with E-state index in [4.69, 9.17) is 5.11 Å². The largest absolute Gasteiger partial charge is 0.481 e. The zero-order valence-electron chi connectivity index (χ0n) is 10.3. The van der Waals surface area contributed by atoms with E-state index in [0.717, 1.165) is 25.7 Å². The van der Waals surface area contributed by atoms with E-state index in [9.17, 15) is 9.59 Å². The highest BCUT2D eigenvalue weighted by Gasteiger charge is 2.37. The van der Waals surface area contributed by atoms with Gasteiger partial charge in [0.2, 0.25) is 0 Å².